The molecule has 0 saturated heterocycles. The number of alkyl carbamates (subject to hydrolysis) is 1. The number of amides is 1. The summed E-state index contributed by atoms with van der Waals surface area (Å²) in [6.45, 7) is 5.83. The molecule has 0 spiro atoms. The first kappa shape index (κ1) is 20.4. The summed E-state index contributed by atoms with van der Waals surface area (Å²) >= 11 is 0. The van der Waals surface area contributed by atoms with E-state index in [2.05, 4.69) is 15.5 Å². The number of aromatic amines is 1. The predicted octanol–water partition coefficient (Wildman–Crippen LogP) is 3.78. The van der Waals surface area contributed by atoms with Crippen molar-refractivity contribution < 1.29 is 18.7 Å². The Morgan fingerprint density at radius 2 is 2.00 bits per heavy atom. The van der Waals surface area contributed by atoms with E-state index in [1.807, 2.05) is 39.0 Å². The van der Waals surface area contributed by atoms with Crippen LogP contribution < -0.4 is 15.8 Å². The molecule has 0 atom stereocenters. The van der Waals surface area contributed by atoms with Gasteiger partial charge >= 0.3 is 6.09 Å². The Labute approximate surface area is 168 Å². The van der Waals surface area contributed by atoms with Crippen LogP contribution in [-0.4, -0.2) is 35.0 Å². The predicted molar refractivity (Wildman–Crippen MR) is 109 cm³/mol. The number of carbonyl (C=O) groups excluding carboxylic acids is 1. The number of aromatic nitrogens is 2. The minimum absolute atomic E-state index is 0.0796. The zero-order valence-electron chi connectivity index (χ0n) is 16.7. The number of H-pyrrole nitrogens is 1. The Morgan fingerprint density at radius 3 is 2.76 bits per heavy atom. The number of nitrogens with zero attached hydrogens (tertiary/aromatic N) is 1. The molecule has 0 unspecified atom stereocenters. The minimum atomic E-state index is -0.508. The molecule has 0 aliphatic rings. The SMILES string of the molecule is CC(C)(C)NC(=O)OCCOc1ccc(F)cc1Cc1ccc2[nH]nc(N)c2c1. The molecule has 1 heterocycles. The van der Waals surface area contributed by atoms with Gasteiger partial charge in [0.2, 0.25) is 0 Å². The molecule has 0 aliphatic heterocycles. The molecule has 2 aromatic carbocycles. The minimum Gasteiger partial charge on any atom is -0.490 e. The van der Waals surface area contributed by atoms with Crippen LogP contribution in [-0.2, 0) is 11.2 Å². The second kappa shape index (κ2) is 8.38. The second-order valence-electron chi connectivity index (χ2n) is 7.78. The number of fused-ring (bicyclic) bond motifs is 1. The van der Waals surface area contributed by atoms with Crippen molar-refractivity contribution in [1.29, 1.82) is 0 Å². The van der Waals surface area contributed by atoms with E-state index in [-0.39, 0.29) is 24.6 Å². The van der Waals surface area contributed by atoms with E-state index in [0.29, 0.717) is 23.6 Å². The smallest absolute Gasteiger partial charge is 0.407 e. The van der Waals surface area contributed by atoms with Crippen molar-refractivity contribution in [2.45, 2.75) is 32.7 Å². The topological polar surface area (TPSA) is 102 Å². The average molecular weight is 400 g/mol. The molecule has 0 bridgehead atoms. The molecule has 1 aromatic heterocycles. The first-order chi connectivity index (χ1) is 13.7. The van der Waals surface area contributed by atoms with Gasteiger partial charge in [-0.2, -0.15) is 5.10 Å². The number of nitrogen functional groups attached to an aromatic ring is 1. The summed E-state index contributed by atoms with van der Waals surface area (Å²) < 4.78 is 24.6. The van der Waals surface area contributed by atoms with Gasteiger partial charge in [0.05, 0.1) is 5.52 Å². The lowest BCUT2D eigenvalue weighted by Crippen LogP contribution is -2.41. The molecule has 0 fully saturated rings. The lowest BCUT2D eigenvalue weighted by Gasteiger charge is -2.20. The van der Waals surface area contributed by atoms with Gasteiger partial charge in [-0.15, -0.1) is 0 Å². The second-order valence-corrected chi connectivity index (χ2v) is 7.78. The van der Waals surface area contributed by atoms with E-state index in [4.69, 9.17) is 15.2 Å². The Morgan fingerprint density at radius 1 is 1.21 bits per heavy atom. The fourth-order valence-corrected chi connectivity index (χ4v) is 2.87. The van der Waals surface area contributed by atoms with Gasteiger partial charge in [-0.1, -0.05) is 6.07 Å². The number of hydrogen-bond donors (Lipinski definition) is 3. The first-order valence-electron chi connectivity index (χ1n) is 9.30. The van der Waals surface area contributed by atoms with Crippen molar-refractivity contribution in [3.05, 3.63) is 53.3 Å². The highest BCUT2D eigenvalue weighted by Gasteiger charge is 2.14. The highest BCUT2D eigenvalue weighted by molar-refractivity contribution is 5.89. The summed E-state index contributed by atoms with van der Waals surface area (Å²) in [5.74, 6) is 0.604. The van der Waals surface area contributed by atoms with Gasteiger partial charge in [0, 0.05) is 22.9 Å². The van der Waals surface area contributed by atoms with E-state index < -0.39 is 6.09 Å². The summed E-state index contributed by atoms with van der Waals surface area (Å²) in [6.07, 6.45) is -0.0506. The first-order valence-corrected chi connectivity index (χ1v) is 9.30. The Balaban J connectivity index is 1.64. The lowest BCUT2D eigenvalue weighted by molar-refractivity contribution is 0.118. The molecule has 0 aliphatic carbocycles. The quantitative estimate of drug-likeness (QED) is 0.547. The molecule has 4 N–H and O–H groups in total. The number of nitrogens with two attached hydrogens (primary N) is 1. The molecule has 154 valence electrons. The molecular formula is C21H25FN4O3. The molecule has 0 radical (unpaired) electrons. The van der Waals surface area contributed by atoms with Gasteiger partial charge in [-0.05, 0) is 56.7 Å². The van der Waals surface area contributed by atoms with E-state index in [0.717, 1.165) is 16.5 Å². The summed E-state index contributed by atoms with van der Waals surface area (Å²) in [7, 11) is 0. The maximum atomic E-state index is 13.8. The molecular weight excluding hydrogens is 375 g/mol. The number of halogens is 1. The van der Waals surface area contributed by atoms with Crippen LogP contribution in [0.1, 0.15) is 31.9 Å². The van der Waals surface area contributed by atoms with E-state index in [9.17, 15) is 9.18 Å². The van der Waals surface area contributed by atoms with Crippen molar-refractivity contribution in [2.75, 3.05) is 18.9 Å². The van der Waals surface area contributed by atoms with Crippen molar-refractivity contribution in [2.24, 2.45) is 0 Å². The number of benzene rings is 2. The molecule has 7 nitrogen and oxygen atoms in total. The van der Waals surface area contributed by atoms with Gasteiger partial charge in [0.25, 0.3) is 0 Å². The van der Waals surface area contributed by atoms with Crippen molar-refractivity contribution in [3.8, 4) is 5.75 Å². The number of hydrogen-bond acceptors (Lipinski definition) is 5. The summed E-state index contributed by atoms with van der Waals surface area (Å²) in [5, 5.41) is 10.4. The third-order valence-electron chi connectivity index (χ3n) is 4.12. The highest BCUT2D eigenvalue weighted by atomic mass is 19.1. The van der Waals surface area contributed by atoms with Crippen molar-refractivity contribution in [1.82, 2.24) is 15.5 Å². The van der Waals surface area contributed by atoms with Crippen LogP contribution in [0, 0.1) is 5.82 Å². The van der Waals surface area contributed by atoms with Gasteiger partial charge in [-0.25, -0.2) is 9.18 Å². The normalized spacial score (nSPS) is 11.4. The van der Waals surface area contributed by atoms with Crippen LogP contribution >= 0.6 is 0 Å². The van der Waals surface area contributed by atoms with E-state index in [1.165, 1.54) is 12.1 Å². The summed E-state index contributed by atoms with van der Waals surface area (Å²) in [6, 6.07) is 10.1. The molecule has 1 amide bonds. The third kappa shape index (κ3) is 5.60. The maximum absolute atomic E-state index is 13.8. The van der Waals surface area contributed by atoms with Crippen LogP contribution in [0.4, 0.5) is 15.0 Å². The fraction of sp³-hybridized carbons (Fsp3) is 0.333. The Hall–Kier alpha value is -3.29. The molecule has 0 saturated carbocycles. The van der Waals surface area contributed by atoms with E-state index in [1.54, 1.807) is 6.07 Å². The van der Waals surface area contributed by atoms with Gasteiger partial charge in [0.1, 0.15) is 24.8 Å². The number of anilines is 1. The summed E-state index contributed by atoms with van der Waals surface area (Å²) in [4.78, 5) is 11.7. The molecule has 3 rings (SSSR count). The van der Waals surface area contributed by atoms with Crippen LogP contribution in [0.3, 0.4) is 0 Å². The number of carbonyl (C=O) groups is 1. The van der Waals surface area contributed by atoms with Crippen LogP contribution in [0.5, 0.6) is 5.75 Å². The average Bonchev–Trinajstić information content (AvgIpc) is 2.99. The molecule has 29 heavy (non-hydrogen) atoms. The van der Waals surface area contributed by atoms with E-state index >= 15 is 0 Å². The van der Waals surface area contributed by atoms with Crippen molar-refractivity contribution >= 4 is 22.8 Å². The molecule has 3 aromatic rings. The largest absolute Gasteiger partial charge is 0.490 e. The lowest BCUT2D eigenvalue weighted by atomic mass is 10.0. The monoisotopic (exact) mass is 400 g/mol. The standard InChI is InChI=1S/C21H25FN4O3/c1-21(2,3)24-20(27)29-9-8-28-18-7-5-15(22)12-14(18)10-13-4-6-17-16(11-13)19(23)26-25-17/h4-7,11-12H,8-10H2,1-3H3,(H,24,27)(H3,23,25,26). The Kier molecular flexibility index (Phi) is 5.91. The maximum Gasteiger partial charge on any atom is 0.407 e. The number of rotatable bonds is 6. The number of nitrogens with one attached hydrogen (secondary N) is 2. The van der Waals surface area contributed by atoms with Crippen LogP contribution in [0.25, 0.3) is 10.9 Å². The number of ether oxygens (including phenoxy) is 2. The van der Waals surface area contributed by atoms with Crippen LogP contribution in [0.15, 0.2) is 36.4 Å². The zero-order valence-corrected chi connectivity index (χ0v) is 16.7. The van der Waals surface area contributed by atoms with Gasteiger partial charge in [-0.3, -0.25) is 5.10 Å². The molecule has 8 heteroatoms. The third-order valence-corrected chi connectivity index (χ3v) is 4.12. The van der Waals surface area contributed by atoms with Gasteiger partial charge in [0.15, 0.2) is 5.82 Å². The van der Waals surface area contributed by atoms with Crippen molar-refractivity contribution in [3.63, 3.8) is 0 Å². The highest BCUT2D eigenvalue weighted by Crippen LogP contribution is 2.26. The Bertz CT molecular complexity index is 1010. The van der Waals surface area contributed by atoms with Gasteiger partial charge < -0.3 is 20.5 Å². The summed E-state index contributed by atoms with van der Waals surface area (Å²) in [5.41, 5.74) is 7.96. The fourth-order valence-electron chi connectivity index (χ4n) is 2.87. The zero-order chi connectivity index (χ0) is 21.0. The van der Waals surface area contributed by atoms with Crippen LogP contribution in [0.2, 0.25) is 0 Å².